The van der Waals surface area contributed by atoms with Crippen LogP contribution >= 0.6 is 0 Å². The van der Waals surface area contributed by atoms with E-state index in [0.717, 1.165) is 0 Å². The number of hydrogen-bond acceptors (Lipinski definition) is 11. The van der Waals surface area contributed by atoms with E-state index in [4.69, 9.17) is 33.5 Å². The highest BCUT2D eigenvalue weighted by molar-refractivity contribution is 5.94. The normalized spacial score (nSPS) is 11.0. The van der Waals surface area contributed by atoms with Crippen molar-refractivity contribution < 1.29 is 47.9 Å². The summed E-state index contributed by atoms with van der Waals surface area (Å²) in [5.41, 5.74) is -1.65. The molecule has 0 bridgehead atoms. The molecular weight excluding hydrogens is 504 g/mol. The maximum absolute atomic E-state index is 12.9. The number of carbonyl (C=O) groups excluding carboxylic acids is 2. The van der Waals surface area contributed by atoms with Gasteiger partial charge in [0.05, 0.1) is 34.0 Å². The fourth-order valence-corrected chi connectivity index (χ4v) is 3.38. The van der Waals surface area contributed by atoms with Crippen LogP contribution in [0.3, 0.4) is 0 Å². The Bertz CT molecular complexity index is 1430. The zero-order chi connectivity index (χ0) is 28.2. The fourth-order valence-electron chi connectivity index (χ4n) is 3.38. The van der Waals surface area contributed by atoms with Crippen molar-refractivity contribution in [1.82, 2.24) is 9.97 Å². The average molecular weight is 530 g/mol. The zero-order valence-corrected chi connectivity index (χ0v) is 21.5. The van der Waals surface area contributed by atoms with E-state index in [2.05, 4.69) is 9.97 Å². The van der Waals surface area contributed by atoms with Crippen LogP contribution in [-0.4, -0.2) is 67.0 Å². The second-order valence-electron chi connectivity index (χ2n) is 8.29. The van der Waals surface area contributed by atoms with E-state index < -0.39 is 35.5 Å². The van der Waals surface area contributed by atoms with Gasteiger partial charge in [-0.1, -0.05) is 0 Å². The second kappa shape index (κ2) is 11.1. The Morgan fingerprint density at radius 2 is 1.50 bits per heavy atom. The van der Waals surface area contributed by atoms with Crippen LogP contribution < -0.4 is 29.2 Å². The topological polar surface area (TPSA) is 173 Å². The van der Waals surface area contributed by atoms with Gasteiger partial charge in [-0.3, -0.25) is 14.4 Å². The molecule has 13 nitrogen and oxygen atoms in total. The third kappa shape index (κ3) is 5.77. The number of aliphatic carboxylic acids is 1. The third-order valence-corrected chi connectivity index (χ3v) is 5.32. The molecule has 0 radical (unpaired) electrons. The Hall–Kier alpha value is -4.81. The summed E-state index contributed by atoms with van der Waals surface area (Å²) in [4.78, 5) is 55.7. The summed E-state index contributed by atoms with van der Waals surface area (Å²) >= 11 is 0. The maximum atomic E-state index is 12.9. The van der Waals surface area contributed by atoms with Gasteiger partial charge in [0.25, 0.3) is 5.56 Å². The fraction of sp³-hybridized carbons (Fsp3) is 0.320. The lowest BCUT2D eigenvalue weighted by molar-refractivity contribution is -0.175. The van der Waals surface area contributed by atoms with E-state index in [-0.39, 0.29) is 34.2 Å². The molecule has 3 rings (SSSR count). The van der Waals surface area contributed by atoms with Crippen molar-refractivity contribution in [3.63, 3.8) is 0 Å². The molecule has 3 aromatic rings. The summed E-state index contributed by atoms with van der Waals surface area (Å²) in [5, 5.41) is 9.30. The molecule has 0 spiro atoms. The number of fused-ring (bicyclic) bond motifs is 1. The van der Waals surface area contributed by atoms with Gasteiger partial charge in [-0.05, 0) is 26.0 Å². The van der Waals surface area contributed by atoms with Crippen molar-refractivity contribution in [3.8, 4) is 40.1 Å². The maximum Gasteiger partial charge on any atom is 0.347 e. The summed E-state index contributed by atoms with van der Waals surface area (Å²) in [7, 11) is 5.51. The van der Waals surface area contributed by atoms with Gasteiger partial charge in [0, 0.05) is 17.7 Å². The number of carboxylic acid groups (broad SMARTS) is 1. The highest BCUT2D eigenvalue weighted by Crippen LogP contribution is 2.41. The number of carbonyl (C=O) groups is 3. The van der Waals surface area contributed by atoms with Gasteiger partial charge < -0.3 is 38.5 Å². The standard InChI is InChI=1S/C25H26N2O11/c1-25(2,24(31)32)38-19(29)11-18(28)37-21-16(35-5)7-12(8-17(21)36-6)22-26-14-9-13(33-3)10-15(34-4)20(14)23(30)27-22/h7-10H,11H2,1-6H3,(H,31,32)(H,26,27,30). The molecule has 13 heteroatoms. The molecule has 0 aliphatic carbocycles. The number of ether oxygens (including phenoxy) is 6. The molecular formula is C25H26N2O11. The largest absolute Gasteiger partial charge is 0.497 e. The Morgan fingerprint density at radius 3 is 2.03 bits per heavy atom. The van der Waals surface area contributed by atoms with E-state index in [9.17, 15) is 19.2 Å². The third-order valence-electron chi connectivity index (χ3n) is 5.32. The van der Waals surface area contributed by atoms with E-state index in [1.807, 2.05) is 0 Å². The van der Waals surface area contributed by atoms with E-state index in [0.29, 0.717) is 16.8 Å². The molecule has 1 heterocycles. The molecule has 0 aliphatic heterocycles. The Labute approximate surface area is 216 Å². The molecule has 38 heavy (non-hydrogen) atoms. The van der Waals surface area contributed by atoms with Gasteiger partial charge in [-0.25, -0.2) is 9.78 Å². The molecule has 2 N–H and O–H groups in total. The van der Waals surface area contributed by atoms with Crippen molar-refractivity contribution in [3.05, 3.63) is 34.6 Å². The molecule has 0 saturated carbocycles. The van der Waals surface area contributed by atoms with Crippen molar-refractivity contribution in [2.75, 3.05) is 28.4 Å². The Kier molecular flexibility index (Phi) is 8.09. The zero-order valence-electron chi connectivity index (χ0n) is 21.5. The van der Waals surface area contributed by atoms with E-state index >= 15 is 0 Å². The van der Waals surface area contributed by atoms with Crippen LogP contribution in [0.2, 0.25) is 0 Å². The SMILES string of the molecule is COc1cc(OC)c2c(=O)[nH]c(-c3cc(OC)c(OC(=O)CC(=O)OC(C)(C)C(=O)O)c(OC)c3)nc2c1. The Balaban J connectivity index is 1.98. The lowest BCUT2D eigenvalue weighted by Crippen LogP contribution is -2.37. The number of benzene rings is 2. The van der Waals surface area contributed by atoms with Gasteiger partial charge in [0.1, 0.15) is 29.1 Å². The van der Waals surface area contributed by atoms with Gasteiger partial charge in [-0.15, -0.1) is 0 Å². The number of methoxy groups -OCH3 is 4. The van der Waals surface area contributed by atoms with Gasteiger partial charge in [-0.2, -0.15) is 0 Å². The summed E-state index contributed by atoms with van der Waals surface area (Å²) < 4.78 is 31.4. The van der Waals surface area contributed by atoms with Gasteiger partial charge in [0.15, 0.2) is 11.5 Å². The van der Waals surface area contributed by atoms with Crippen LogP contribution in [-0.2, 0) is 19.1 Å². The first-order valence-electron chi connectivity index (χ1n) is 11.0. The summed E-state index contributed by atoms with van der Waals surface area (Å²) in [5.74, 6) is -2.76. The molecule has 0 saturated heterocycles. The smallest absolute Gasteiger partial charge is 0.347 e. The number of nitrogens with one attached hydrogen (secondary N) is 1. The van der Waals surface area contributed by atoms with Gasteiger partial charge in [0.2, 0.25) is 11.4 Å². The van der Waals surface area contributed by atoms with Gasteiger partial charge >= 0.3 is 17.9 Å². The first-order valence-corrected chi connectivity index (χ1v) is 11.0. The second-order valence-corrected chi connectivity index (χ2v) is 8.29. The number of carboxylic acids is 1. The quantitative estimate of drug-likeness (QED) is 0.223. The summed E-state index contributed by atoms with van der Waals surface area (Å²) in [6.07, 6.45) is -0.867. The van der Waals surface area contributed by atoms with Crippen LogP contribution in [0.15, 0.2) is 29.1 Å². The van der Waals surface area contributed by atoms with Crippen molar-refractivity contribution in [2.24, 2.45) is 0 Å². The van der Waals surface area contributed by atoms with Crippen LogP contribution in [0.25, 0.3) is 22.3 Å². The van der Waals surface area contributed by atoms with Crippen LogP contribution in [0.5, 0.6) is 28.7 Å². The van der Waals surface area contributed by atoms with Crippen molar-refractivity contribution in [2.45, 2.75) is 25.9 Å². The minimum Gasteiger partial charge on any atom is -0.497 e. The van der Waals surface area contributed by atoms with Crippen molar-refractivity contribution >= 4 is 28.8 Å². The molecule has 0 atom stereocenters. The predicted octanol–water partition coefficient (Wildman–Crippen LogP) is 2.33. The molecule has 2 aromatic carbocycles. The van der Waals surface area contributed by atoms with E-state index in [1.165, 1.54) is 54.4 Å². The molecule has 1 aromatic heterocycles. The number of hydrogen-bond donors (Lipinski definition) is 2. The number of H-pyrrole nitrogens is 1. The molecule has 0 unspecified atom stereocenters. The number of nitrogens with zero attached hydrogens (tertiary/aromatic N) is 1. The molecule has 202 valence electrons. The predicted molar refractivity (Wildman–Crippen MR) is 132 cm³/mol. The monoisotopic (exact) mass is 530 g/mol. The number of aromatic amines is 1. The molecule has 0 fully saturated rings. The summed E-state index contributed by atoms with van der Waals surface area (Å²) in [6.45, 7) is 2.33. The Morgan fingerprint density at radius 1 is 0.895 bits per heavy atom. The lowest BCUT2D eigenvalue weighted by Gasteiger charge is -2.19. The highest BCUT2D eigenvalue weighted by Gasteiger charge is 2.33. The number of esters is 2. The highest BCUT2D eigenvalue weighted by atomic mass is 16.6. The van der Waals surface area contributed by atoms with E-state index in [1.54, 1.807) is 12.1 Å². The molecule has 0 amide bonds. The van der Waals surface area contributed by atoms with Crippen LogP contribution in [0, 0.1) is 0 Å². The lowest BCUT2D eigenvalue weighted by atomic mass is 10.1. The number of aromatic nitrogens is 2. The molecule has 0 aliphatic rings. The average Bonchev–Trinajstić information content (AvgIpc) is 2.86. The first kappa shape index (κ1) is 27.8. The van der Waals surface area contributed by atoms with Crippen molar-refractivity contribution in [1.29, 1.82) is 0 Å². The summed E-state index contributed by atoms with van der Waals surface area (Å²) in [6, 6.07) is 6.02. The minimum atomic E-state index is -1.83. The first-order chi connectivity index (χ1) is 17.9. The van der Waals surface area contributed by atoms with Crippen LogP contribution in [0.4, 0.5) is 0 Å². The number of rotatable bonds is 10. The minimum absolute atomic E-state index is 0.0258. The van der Waals surface area contributed by atoms with Crippen LogP contribution in [0.1, 0.15) is 20.3 Å².